The number of aliphatic hydroxyl groups is 1. The maximum absolute atomic E-state index is 13.5. The predicted molar refractivity (Wildman–Crippen MR) is 140 cm³/mol. The number of likely N-dealkylation sites (N-methyl/N-ethyl adjacent to an activating group) is 1. The highest BCUT2D eigenvalue weighted by atomic mass is 35.5. The number of piperazine rings is 1. The number of aliphatic hydroxyl groups excluding tert-OH is 1. The van der Waals surface area contributed by atoms with Crippen LogP contribution in [0, 0.1) is 0 Å². The third-order valence-corrected chi connectivity index (χ3v) is 8.83. The summed E-state index contributed by atoms with van der Waals surface area (Å²) in [6.07, 6.45) is 0.539. The fourth-order valence-electron chi connectivity index (χ4n) is 5.47. The molecular weight excluding hydrogens is 523 g/mol. The van der Waals surface area contributed by atoms with Crippen molar-refractivity contribution in [3.05, 3.63) is 69.2 Å². The number of rotatable bonds is 3. The molecule has 0 aliphatic carbocycles. The topological polar surface area (TPSA) is 56.9 Å². The molecule has 2 bridgehead atoms. The van der Waals surface area contributed by atoms with Crippen molar-refractivity contribution in [3.8, 4) is 0 Å². The summed E-state index contributed by atoms with van der Waals surface area (Å²) < 4.78 is 42.1. The summed E-state index contributed by atoms with van der Waals surface area (Å²) in [5, 5.41) is 16.6. The quantitative estimate of drug-likeness (QED) is 0.482. The van der Waals surface area contributed by atoms with Crippen molar-refractivity contribution in [2.24, 2.45) is 4.99 Å². The Morgan fingerprint density at radius 2 is 1.89 bits per heavy atom. The van der Waals surface area contributed by atoms with E-state index in [-0.39, 0.29) is 17.1 Å². The third kappa shape index (κ3) is 4.76. The molecule has 0 amide bonds. The molecule has 194 valence electrons. The van der Waals surface area contributed by atoms with Gasteiger partial charge in [0, 0.05) is 40.5 Å². The van der Waals surface area contributed by atoms with E-state index in [2.05, 4.69) is 26.9 Å². The van der Waals surface area contributed by atoms with E-state index >= 15 is 0 Å². The zero-order valence-corrected chi connectivity index (χ0v) is 21.6. The molecule has 3 aliphatic rings. The van der Waals surface area contributed by atoms with Crippen LogP contribution in [-0.2, 0) is 12.7 Å². The van der Waals surface area contributed by atoms with Gasteiger partial charge in [0.15, 0.2) is 11.4 Å². The molecule has 6 rings (SSSR count). The van der Waals surface area contributed by atoms with E-state index in [0.29, 0.717) is 12.1 Å². The lowest BCUT2D eigenvalue weighted by molar-refractivity contribution is -0.138. The lowest BCUT2D eigenvalue weighted by Gasteiger charge is -2.39. The van der Waals surface area contributed by atoms with Crippen molar-refractivity contribution in [2.45, 2.75) is 43.9 Å². The van der Waals surface area contributed by atoms with Crippen LogP contribution in [0.1, 0.15) is 29.5 Å². The van der Waals surface area contributed by atoms with Gasteiger partial charge in [0.2, 0.25) is 0 Å². The lowest BCUT2D eigenvalue weighted by Crippen LogP contribution is -2.52. The molecule has 11 heteroatoms. The molecule has 3 unspecified atom stereocenters. The fraction of sp³-hybridized carbons (Fsp3) is 0.385. The minimum atomic E-state index is -4.51. The number of fused-ring (bicyclic) bond motifs is 3. The van der Waals surface area contributed by atoms with Gasteiger partial charge in [-0.2, -0.15) is 18.3 Å². The molecule has 1 aromatic heterocycles. The zero-order valence-electron chi connectivity index (χ0n) is 20.0. The van der Waals surface area contributed by atoms with Crippen molar-refractivity contribution in [1.29, 1.82) is 0 Å². The normalized spacial score (nSPS) is 25.5. The number of amidine groups is 1. The van der Waals surface area contributed by atoms with Gasteiger partial charge < -0.3 is 10.0 Å². The van der Waals surface area contributed by atoms with E-state index < -0.39 is 18.0 Å². The van der Waals surface area contributed by atoms with Gasteiger partial charge in [-0.1, -0.05) is 35.5 Å². The van der Waals surface area contributed by atoms with Gasteiger partial charge in [-0.3, -0.25) is 9.58 Å². The van der Waals surface area contributed by atoms with Gasteiger partial charge in [-0.05, 0) is 61.4 Å². The summed E-state index contributed by atoms with van der Waals surface area (Å²) in [6.45, 7) is 1.82. The van der Waals surface area contributed by atoms with E-state index in [4.69, 9.17) is 11.6 Å². The van der Waals surface area contributed by atoms with Crippen molar-refractivity contribution in [3.63, 3.8) is 0 Å². The molecule has 2 saturated heterocycles. The molecule has 3 aromatic rings. The van der Waals surface area contributed by atoms with Gasteiger partial charge in [-0.15, -0.1) is 0 Å². The zero-order chi connectivity index (χ0) is 25.9. The highest BCUT2D eigenvalue weighted by molar-refractivity contribution is 8.17. The van der Waals surface area contributed by atoms with E-state index in [1.54, 1.807) is 10.9 Å². The van der Waals surface area contributed by atoms with Crippen LogP contribution in [0.4, 0.5) is 13.2 Å². The van der Waals surface area contributed by atoms with E-state index in [1.807, 2.05) is 24.3 Å². The number of halogens is 4. The molecule has 3 aliphatic heterocycles. The highest BCUT2D eigenvalue weighted by Crippen LogP contribution is 2.37. The monoisotopic (exact) mass is 547 g/mol. The summed E-state index contributed by atoms with van der Waals surface area (Å²) in [4.78, 5) is 10.0. The van der Waals surface area contributed by atoms with Gasteiger partial charge >= 0.3 is 6.18 Å². The number of alkyl halides is 3. The highest BCUT2D eigenvalue weighted by Gasteiger charge is 2.40. The Morgan fingerprint density at radius 1 is 1.14 bits per heavy atom. The van der Waals surface area contributed by atoms with Crippen molar-refractivity contribution in [2.75, 3.05) is 20.1 Å². The van der Waals surface area contributed by atoms with Crippen LogP contribution in [0.3, 0.4) is 0 Å². The smallest absolute Gasteiger partial charge is 0.367 e. The number of aliphatic imine (C=N–C) groups is 1. The first-order valence-electron chi connectivity index (χ1n) is 12.1. The van der Waals surface area contributed by atoms with Crippen LogP contribution in [0.2, 0.25) is 5.02 Å². The van der Waals surface area contributed by atoms with Crippen LogP contribution >= 0.6 is 23.4 Å². The second kappa shape index (κ2) is 9.34. The Kier molecular flexibility index (Phi) is 6.26. The molecule has 1 N–H and O–H groups in total. The second-order valence-corrected chi connectivity index (χ2v) is 11.3. The van der Waals surface area contributed by atoms with E-state index in [0.717, 1.165) is 45.7 Å². The second-order valence-electron chi connectivity index (χ2n) is 9.81. The molecule has 0 saturated carbocycles. The lowest BCUT2D eigenvalue weighted by atomic mass is 10.1. The number of hydrogen-bond acceptors (Lipinski definition) is 6. The van der Waals surface area contributed by atoms with Crippen molar-refractivity contribution >= 4 is 45.5 Å². The van der Waals surface area contributed by atoms with Crippen molar-refractivity contribution in [1.82, 2.24) is 19.6 Å². The Bertz CT molecular complexity index is 1410. The Balaban J connectivity index is 1.20. The third-order valence-electron chi connectivity index (χ3n) is 7.49. The fourth-order valence-corrected chi connectivity index (χ4v) is 6.64. The molecule has 4 heterocycles. The van der Waals surface area contributed by atoms with Crippen LogP contribution in [0.5, 0.6) is 0 Å². The number of likely N-dealkylation sites (tertiary alicyclic amines) is 1. The molecule has 3 atom stereocenters. The molecule has 2 aromatic carbocycles. The van der Waals surface area contributed by atoms with Gasteiger partial charge in [0.25, 0.3) is 0 Å². The van der Waals surface area contributed by atoms with Gasteiger partial charge in [0.05, 0.1) is 23.8 Å². The predicted octanol–water partition coefficient (Wildman–Crippen LogP) is 5.30. The Labute approximate surface area is 221 Å². The van der Waals surface area contributed by atoms with E-state index in [9.17, 15) is 18.3 Å². The molecule has 37 heavy (non-hydrogen) atoms. The molecule has 2 fully saturated rings. The molecule has 0 radical (unpaired) electrons. The van der Waals surface area contributed by atoms with Gasteiger partial charge in [0.1, 0.15) is 0 Å². The minimum Gasteiger partial charge on any atom is -0.367 e. The summed E-state index contributed by atoms with van der Waals surface area (Å²) in [6, 6.07) is 10.5. The van der Waals surface area contributed by atoms with E-state index in [1.165, 1.54) is 36.7 Å². The SMILES string of the molecule is CN1C2CCC1CN(C1=NC(O)C(=Cc3ccc4c(cnn4Cc4ccc(Cl)cc4C(F)(F)F)c3)S1)C2. The molecule has 6 nitrogen and oxygen atoms in total. The summed E-state index contributed by atoms with van der Waals surface area (Å²) in [5.74, 6) is 0. The first-order chi connectivity index (χ1) is 17.7. The molecular formula is C26H25ClF3N5OS. The first kappa shape index (κ1) is 24.8. The number of aromatic nitrogens is 2. The standard InChI is InChI=1S/C26H25ClF3N5OS/c1-33-19-5-6-20(33)14-34(13-19)25-32-24(36)23(37-25)9-15-2-7-22-17(8-15)11-31-35(22)12-16-3-4-18(27)10-21(16)26(28,29)30/h2-4,7-11,19-20,24,36H,5-6,12-14H2,1H3. The number of thioether (sulfide) groups is 1. The average Bonchev–Trinajstić information content (AvgIpc) is 3.46. The van der Waals surface area contributed by atoms with Crippen LogP contribution in [0.15, 0.2) is 52.5 Å². The Morgan fingerprint density at radius 3 is 2.62 bits per heavy atom. The summed E-state index contributed by atoms with van der Waals surface area (Å²) in [7, 11) is 2.19. The summed E-state index contributed by atoms with van der Waals surface area (Å²) in [5.41, 5.74) is 0.919. The number of benzene rings is 2. The maximum atomic E-state index is 13.5. The Hall–Kier alpha value is -2.53. The van der Waals surface area contributed by atoms with Crippen LogP contribution in [-0.4, -0.2) is 68.3 Å². The summed E-state index contributed by atoms with van der Waals surface area (Å²) >= 11 is 7.31. The first-order valence-corrected chi connectivity index (χ1v) is 13.3. The largest absolute Gasteiger partial charge is 0.416 e. The van der Waals surface area contributed by atoms with Crippen LogP contribution < -0.4 is 0 Å². The maximum Gasteiger partial charge on any atom is 0.416 e. The average molecular weight is 548 g/mol. The molecule has 0 spiro atoms. The van der Waals surface area contributed by atoms with Gasteiger partial charge in [-0.25, -0.2) is 4.99 Å². The minimum absolute atomic E-state index is 0.0330. The van der Waals surface area contributed by atoms with Crippen molar-refractivity contribution < 1.29 is 18.3 Å². The number of hydrogen-bond donors (Lipinski definition) is 1. The van der Waals surface area contributed by atoms with Crippen LogP contribution in [0.25, 0.3) is 17.0 Å². The number of nitrogens with zero attached hydrogens (tertiary/aromatic N) is 5.